The van der Waals surface area contributed by atoms with Crippen LogP contribution in [0.25, 0.3) is 0 Å². The van der Waals surface area contributed by atoms with Gasteiger partial charge >= 0.3 is 17.9 Å². The predicted octanol–water partition coefficient (Wildman–Crippen LogP) is -0.163. The highest BCUT2D eigenvalue weighted by Gasteiger charge is 2.50. The van der Waals surface area contributed by atoms with Gasteiger partial charge in [0.05, 0.1) is 4.92 Å². The molecule has 2 rings (SSSR count). The fourth-order valence-corrected chi connectivity index (χ4v) is 3.04. The number of aliphatic hydroxyl groups excluding tert-OH is 1. The van der Waals surface area contributed by atoms with E-state index in [1.807, 2.05) is 0 Å². The zero-order valence-electron chi connectivity index (χ0n) is 17.4. The van der Waals surface area contributed by atoms with Crippen molar-refractivity contribution in [1.82, 2.24) is 5.32 Å². The van der Waals surface area contributed by atoms with E-state index in [1.54, 1.807) is 0 Å². The molecule has 5 atom stereocenters. The van der Waals surface area contributed by atoms with E-state index in [2.05, 4.69) is 5.32 Å². The number of carbonyl (C=O) groups is 4. The highest BCUT2D eigenvalue weighted by atomic mass is 16.7. The normalized spacial score (nSPS) is 24.7. The molecule has 1 aliphatic heterocycles. The Hall–Kier alpha value is -3.58. The van der Waals surface area contributed by atoms with Gasteiger partial charge in [-0.2, -0.15) is 0 Å². The maximum absolute atomic E-state index is 12.6. The summed E-state index contributed by atoms with van der Waals surface area (Å²) in [6, 6.07) is 3.22. The number of nitrogens with one attached hydrogen (secondary N) is 1. The van der Waals surface area contributed by atoms with E-state index >= 15 is 0 Å². The van der Waals surface area contributed by atoms with Crippen molar-refractivity contribution in [2.24, 2.45) is 0 Å². The second-order valence-corrected chi connectivity index (χ2v) is 6.82. The molecule has 1 fully saturated rings. The number of non-ortho nitro benzene ring substituents is 1. The lowest BCUT2D eigenvalue weighted by Gasteiger charge is -2.43. The first kappa shape index (κ1) is 24.7. The number of amides is 1. The number of aliphatic hydroxyl groups is 1. The van der Waals surface area contributed by atoms with Crippen LogP contribution in [0.4, 0.5) is 5.69 Å². The second kappa shape index (κ2) is 10.6. The molecular formula is C19H22N2O11. The van der Waals surface area contributed by atoms with Crippen LogP contribution in [-0.4, -0.2) is 71.1 Å². The average molecular weight is 454 g/mol. The zero-order valence-corrected chi connectivity index (χ0v) is 17.4. The minimum absolute atomic E-state index is 0.00967. The van der Waals surface area contributed by atoms with Crippen molar-refractivity contribution in [1.29, 1.82) is 0 Å². The molecule has 1 heterocycles. The second-order valence-electron chi connectivity index (χ2n) is 6.82. The summed E-state index contributed by atoms with van der Waals surface area (Å²) < 4.78 is 20.6. The molecule has 0 aliphatic carbocycles. The van der Waals surface area contributed by atoms with Gasteiger partial charge in [-0.15, -0.1) is 0 Å². The molecule has 0 spiro atoms. The van der Waals surface area contributed by atoms with Crippen LogP contribution >= 0.6 is 0 Å². The number of nitrogens with zero attached hydrogens (tertiary/aromatic N) is 1. The van der Waals surface area contributed by atoms with E-state index in [0.717, 1.165) is 32.9 Å². The number of hydrogen-bond donors (Lipinski definition) is 2. The van der Waals surface area contributed by atoms with Crippen molar-refractivity contribution in [2.45, 2.75) is 51.4 Å². The minimum Gasteiger partial charge on any atom is -0.463 e. The molecule has 1 aromatic carbocycles. The SMILES string of the molecule is CC(=O)OC[C@H]1OC(O)[C@H](NC(=O)c2ccc([N+](=O)[O-])cc2)[C@@H](OC(C)=O)[C@H]1OC(C)=O. The Kier molecular flexibility index (Phi) is 8.21. The molecule has 2 N–H and O–H groups in total. The summed E-state index contributed by atoms with van der Waals surface area (Å²) in [5.41, 5.74) is -0.223. The number of ether oxygens (including phenoxy) is 4. The van der Waals surface area contributed by atoms with Gasteiger partial charge < -0.3 is 29.4 Å². The third kappa shape index (κ3) is 6.46. The molecule has 1 aliphatic rings. The molecule has 1 unspecified atom stereocenters. The lowest BCUT2D eigenvalue weighted by atomic mass is 9.96. The summed E-state index contributed by atoms with van der Waals surface area (Å²) >= 11 is 0. The largest absolute Gasteiger partial charge is 0.463 e. The van der Waals surface area contributed by atoms with Gasteiger partial charge in [0.25, 0.3) is 11.6 Å². The number of benzene rings is 1. The van der Waals surface area contributed by atoms with Gasteiger partial charge in [-0.25, -0.2) is 0 Å². The molecule has 0 bridgehead atoms. The summed E-state index contributed by atoms with van der Waals surface area (Å²) in [6.07, 6.45) is -5.67. The summed E-state index contributed by atoms with van der Waals surface area (Å²) in [4.78, 5) is 57.2. The Bertz CT molecular complexity index is 886. The van der Waals surface area contributed by atoms with Crippen LogP contribution in [0.5, 0.6) is 0 Å². The number of carbonyl (C=O) groups excluding carboxylic acids is 4. The van der Waals surface area contributed by atoms with Crippen LogP contribution in [-0.2, 0) is 33.3 Å². The maximum Gasteiger partial charge on any atom is 0.303 e. The molecule has 1 amide bonds. The van der Waals surface area contributed by atoms with Crippen LogP contribution in [0.3, 0.4) is 0 Å². The summed E-state index contributed by atoms with van der Waals surface area (Å²) in [7, 11) is 0. The van der Waals surface area contributed by atoms with Crippen molar-refractivity contribution in [3.63, 3.8) is 0 Å². The molecule has 174 valence electrons. The first-order valence-corrected chi connectivity index (χ1v) is 9.36. The van der Waals surface area contributed by atoms with Gasteiger partial charge in [0.1, 0.15) is 18.8 Å². The molecule has 13 nitrogen and oxygen atoms in total. The molecule has 1 saturated heterocycles. The van der Waals surface area contributed by atoms with Crippen LogP contribution in [0.15, 0.2) is 24.3 Å². The first-order valence-electron chi connectivity index (χ1n) is 9.36. The Morgan fingerprint density at radius 1 is 1.03 bits per heavy atom. The average Bonchev–Trinajstić information content (AvgIpc) is 2.70. The van der Waals surface area contributed by atoms with Gasteiger partial charge in [0.15, 0.2) is 18.5 Å². The fourth-order valence-electron chi connectivity index (χ4n) is 3.04. The van der Waals surface area contributed by atoms with Crippen LogP contribution in [0.2, 0.25) is 0 Å². The standard InChI is InChI=1S/C19H22N2O11/c1-9(22)29-8-14-16(30-10(2)23)17(31-11(3)24)15(19(26)32-14)20-18(25)12-4-6-13(7-5-12)21(27)28/h4-7,14-17,19,26H,8H2,1-3H3,(H,20,25)/t14-,15-,16+,17-,19?/m1/s1. The monoisotopic (exact) mass is 454 g/mol. The van der Waals surface area contributed by atoms with Crippen molar-refractivity contribution in [2.75, 3.05) is 6.61 Å². The van der Waals surface area contributed by atoms with Gasteiger partial charge in [-0.1, -0.05) is 0 Å². The molecule has 13 heteroatoms. The van der Waals surface area contributed by atoms with Crippen molar-refractivity contribution in [3.05, 3.63) is 39.9 Å². The number of rotatable bonds is 7. The van der Waals surface area contributed by atoms with Crippen molar-refractivity contribution in [3.8, 4) is 0 Å². The number of hydrogen-bond acceptors (Lipinski definition) is 11. The first-order chi connectivity index (χ1) is 15.0. The summed E-state index contributed by atoms with van der Waals surface area (Å²) in [5, 5.41) is 23.6. The highest BCUT2D eigenvalue weighted by Crippen LogP contribution is 2.26. The van der Waals surface area contributed by atoms with Gasteiger partial charge in [0.2, 0.25) is 0 Å². The number of esters is 3. The molecule has 32 heavy (non-hydrogen) atoms. The van der Waals surface area contributed by atoms with Crippen molar-refractivity contribution >= 4 is 29.5 Å². The third-order valence-corrected chi connectivity index (χ3v) is 4.36. The third-order valence-electron chi connectivity index (χ3n) is 4.36. The smallest absolute Gasteiger partial charge is 0.303 e. The lowest BCUT2D eigenvalue weighted by Crippen LogP contribution is -2.66. The Morgan fingerprint density at radius 3 is 2.09 bits per heavy atom. The molecule has 0 aromatic heterocycles. The fraction of sp³-hybridized carbons (Fsp3) is 0.474. The van der Waals surface area contributed by atoms with Crippen LogP contribution in [0, 0.1) is 10.1 Å². The van der Waals surface area contributed by atoms with Crippen LogP contribution < -0.4 is 5.32 Å². The van der Waals surface area contributed by atoms with E-state index in [9.17, 15) is 34.4 Å². The van der Waals surface area contributed by atoms with E-state index in [4.69, 9.17) is 18.9 Å². The van der Waals surface area contributed by atoms with Gasteiger partial charge in [0, 0.05) is 38.5 Å². The van der Waals surface area contributed by atoms with E-state index < -0.39 is 66.0 Å². The Labute approximate surface area is 181 Å². The topological polar surface area (TPSA) is 181 Å². The number of nitro benzene ring substituents is 1. The van der Waals surface area contributed by atoms with Gasteiger partial charge in [-0.05, 0) is 12.1 Å². The summed E-state index contributed by atoms with van der Waals surface area (Å²) in [5.74, 6) is -3.02. The van der Waals surface area contributed by atoms with E-state index in [1.165, 1.54) is 12.1 Å². The molecule has 0 saturated carbocycles. The lowest BCUT2D eigenvalue weighted by molar-refractivity contribution is -0.384. The maximum atomic E-state index is 12.6. The van der Waals surface area contributed by atoms with E-state index in [0.29, 0.717) is 0 Å². The summed E-state index contributed by atoms with van der Waals surface area (Å²) in [6.45, 7) is 2.87. The molecule has 0 radical (unpaired) electrons. The zero-order chi connectivity index (χ0) is 24.0. The quantitative estimate of drug-likeness (QED) is 0.242. The van der Waals surface area contributed by atoms with E-state index in [-0.39, 0.29) is 11.3 Å². The molecule has 1 aromatic rings. The van der Waals surface area contributed by atoms with Crippen molar-refractivity contribution < 1.29 is 48.2 Å². The van der Waals surface area contributed by atoms with Gasteiger partial charge in [-0.3, -0.25) is 29.3 Å². The Balaban J connectivity index is 2.30. The minimum atomic E-state index is -1.74. The predicted molar refractivity (Wildman–Crippen MR) is 103 cm³/mol. The number of nitro groups is 1. The molecular weight excluding hydrogens is 432 g/mol. The highest BCUT2D eigenvalue weighted by molar-refractivity contribution is 5.94. The Morgan fingerprint density at radius 2 is 1.59 bits per heavy atom. The van der Waals surface area contributed by atoms with Crippen LogP contribution in [0.1, 0.15) is 31.1 Å².